The van der Waals surface area contributed by atoms with E-state index in [4.69, 9.17) is 0 Å². The van der Waals surface area contributed by atoms with Gasteiger partial charge in [0.15, 0.2) is 5.78 Å². The van der Waals surface area contributed by atoms with E-state index in [0.717, 1.165) is 6.07 Å². The van der Waals surface area contributed by atoms with Gasteiger partial charge < -0.3 is 9.88 Å². The molecule has 0 spiro atoms. The largest absolute Gasteiger partial charge is 0.418 e. The third-order valence-electron chi connectivity index (χ3n) is 4.23. The van der Waals surface area contributed by atoms with Gasteiger partial charge in [-0.3, -0.25) is 9.59 Å². The first-order valence-electron chi connectivity index (χ1n) is 8.38. The predicted molar refractivity (Wildman–Crippen MR) is 96.6 cm³/mol. The molecule has 0 aliphatic rings. The summed E-state index contributed by atoms with van der Waals surface area (Å²) >= 11 is 0. The van der Waals surface area contributed by atoms with E-state index >= 15 is 0 Å². The number of Topliss-reactive ketones (excluding diaryl/α,β-unsaturated/α-hetero) is 1. The van der Waals surface area contributed by atoms with Crippen molar-refractivity contribution in [1.29, 1.82) is 0 Å². The number of hydrogen-bond acceptors (Lipinski definition) is 2. The lowest BCUT2D eigenvalue weighted by molar-refractivity contribution is -0.137. The van der Waals surface area contributed by atoms with Gasteiger partial charge in [-0.1, -0.05) is 37.3 Å². The van der Waals surface area contributed by atoms with Crippen molar-refractivity contribution in [3.05, 3.63) is 65.9 Å². The molecule has 3 rings (SSSR count). The number of para-hydroxylation sites is 2. The Kier molecular flexibility index (Phi) is 5.03. The van der Waals surface area contributed by atoms with Crippen LogP contribution in [0, 0.1) is 0 Å². The number of alkyl halides is 3. The predicted octanol–water partition coefficient (Wildman–Crippen LogP) is 4.89. The topological polar surface area (TPSA) is 51.1 Å². The lowest BCUT2D eigenvalue weighted by Gasteiger charge is -2.14. The number of rotatable bonds is 5. The maximum absolute atomic E-state index is 13.1. The molecule has 2 aromatic carbocycles. The average Bonchev–Trinajstić information content (AvgIpc) is 2.99. The van der Waals surface area contributed by atoms with Crippen molar-refractivity contribution in [3.63, 3.8) is 0 Å². The summed E-state index contributed by atoms with van der Waals surface area (Å²) in [5.74, 6) is -0.671. The minimum absolute atomic E-state index is 0.0622. The second kappa shape index (κ2) is 7.26. The minimum atomic E-state index is -4.56. The van der Waals surface area contributed by atoms with Gasteiger partial charge in [0.05, 0.1) is 11.3 Å². The Morgan fingerprint density at radius 1 is 1.04 bits per heavy atom. The van der Waals surface area contributed by atoms with Gasteiger partial charge in [-0.05, 0) is 18.2 Å². The summed E-state index contributed by atoms with van der Waals surface area (Å²) in [4.78, 5) is 24.5. The second-order valence-electron chi connectivity index (χ2n) is 6.06. The molecule has 1 amide bonds. The summed E-state index contributed by atoms with van der Waals surface area (Å²) in [5, 5.41) is 3.03. The highest BCUT2D eigenvalue weighted by Gasteiger charge is 2.33. The summed E-state index contributed by atoms with van der Waals surface area (Å²) in [5.41, 5.74) is -0.0287. The van der Waals surface area contributed by atoms with Gasteiger partial charge in [0, 0.05) is 29.1 Å². The van der Waals surface area contributed by atoms with Gasteiger partial charge in [-0.15, -0.1) is 0 Å². The molecule has 27 heavy (non-hydrogen) atoms. The molecule has 0 saturated heterocycles. The quantitative estimate of drug-likeness (QED) is 0.647. The highest BCUT2D eigenvalue weighted by atomic mass is 19.4. The number of nitrogens with zero attached hydrogens (tertiary/aromatic N) is 1. The van der Waals surface area contributed by atoms with Gasteiger partial charge in [0.1, 0.15) is 6.54 Å². The fourth-order valence-corrected chi connectivity index (χ4v) is 2.97. The standard InChI is InChI=1S/C20H17F3N2O2/c1-2-18(26)14-11-25(17-10-6-3-7-13(14)17)12-19(27)24-16-9-5-4-8-15(16)20(21,22)23/h3-11H,2,12H2,1H3,(H,24,27). The minimum Gasteiger partial charge on any atom is -0.337 e. The third kappa shape index (κ3) is 3.86. The Morgan fingerprint density at radius 2 is 1.70 bits per heavy atom. The summed E-state index contributed by atoms with van der Waals surface area (Å²) in [6.45, 7) is 1.54. The zero-order valence-electron chi connectivity index (χ0n) is 14.5. The van der Waals surface area contributed by atoms with Crippen molar-refractivity contribution >= 4 is 28.3 Å². The van der Waals surface area contributed by atoms with Crippen molar-refractivity contribution < 1.29 is 22.8 Å². The van der Waals surface area contributed by atoms with E-state index in [-0.39, 0.29) is 18.0 Å². The Balaban J connectivity index is 1.89. The van der Waals surface area contributed by atoms with E-state index in [9.17, 15) is 22.8 Å². The Morgan fingerprint density at radius 3 is 2.41 bits per heavy atom. The molecule has 4 nitrogen and oxygen atoms in total. The average molecular weight is 374 g/mol. The van der Waals surface area contributed by atoms with Crippen LogP contribution in [0.4, 0.5) is 18.9 Å². The molecule has 1 N–H and O–H groups in total. The summed E-state index contributed by atoms with van der Waals surface area (Å²) in [6, 6.07) is 11.9. The molecule has 0 unspecified atom stereocenters. The molecule has 0 bridgehead atoms. The number of anilines is 1. The lowest BCUT2D eigenvalue weighted by Crippen LogP contribution is -2.20. The van der Waals surface area contributed by atoms with Crippen molar-refractivity contribution in [3.8, 4) is 0 Å². The number of fused-ring (bicyclic) bond motifs is 1. The highest BCUT2D eigenvalue weighted by molar-refractivity contribution is 6.08. The van der Waals surface area contributed by atoms with E-state index in [1.807, 2.05) is 0 Å². The van der Waals surface area contributed by atoms with Crippen LogP contribution in [-0.2, 0) is 17.5 Å². The van der Waals surface area contributed by atoms with E-state index in [1.165, 1.54) is 18.2 Å². The molecule has 3 aromatic rings. The summed E-state index contributed by atoms with van der Waals surface area (Å²) < 4.78 is 40.8. The number of benzene rings is 2. The van der Waals surface area contributed by atoms with Gasteiger partial charge in [-0.25, -0.2) is 0 Å². The summed E-state index contributed by atoms with van der Waals surface area (Å²) in [6.07, 6.45) is -2.67. The first-order valence-corrected chi connectivity index (χ1v) is 8.38. The zero-order chi connectivity index (χ0) is 19.6. The van der Waals surface area contributed by atoms with E-state index in [0.29, 0.717) is 22.9 Å². The highest BCUT2D eigenvalue weighted by Crippen LogP contribution is 2.34. The van der Waals surface area contributed by atoms with Crippen molar-refractivity contribution in [1.82, 2.24) is 4.57 Å². The Bertz CT molecular complexity index is 1010. The number of ketones is 1. The van der Waals surface area contributed by atoms with Crippen LogP contribution in [-0.4, -0.2) is 16.3 Å². The van der Waals surface area contributed by atoms with Crippen LogP contribution in [0.15, 0.2) is 54.7 Å². The molecule has 0 aliphatic carbocycles. The molecule has 0 fully saturated rings. The van der Waals surface area contributed by atoms with Crippen LogP contribution in [0.25, 0.3) is 10.9 Å². The first kappa shape index (κ1) is 18.7. The van der Waals surface area contributed by atoms with Gasteiger partial charge in [0.2, 0.25) is 5.91 Å². The van der Waals surface area contributed by atoms with Crippen LogP contribution < -0.4 is 5.32 Å². The van der Waals surface area contributed by atoms with Crippen LogP contribution in [0.3, 0.4) is 0 Å². The van der Waals surface area contributed by atoms with E-state index in [2.05, 4.69) is 5.32 Å². The number of amides is 1. The zero-order valence-corrected chi connectivity index (χ0v) is 14.5. The van der Waals surface area contributed by atoms with Crippen molar-refractivity contribution in [2.45, 2.75) is 26.1 Å². The van der Waals surface area contributed by atoms with Gasteiger partial charge in [0.25, 0.3) is 0 Å². The van der Waals surface area contributed by atoms with E-state index in [1.54, 1.807) is 42.0 Å². The Hall–Kier alpha value is -3.09. The van der Waals surface area contributed by atoms with Gasteiger partial charge >= 0.3 is 6.18 Å². The lowest BCUT2D eigenvalue weighted by atomic mass is 10.1. The number of halogens is 3. The van der Waals surface area contributed by atoms with Crippen LogP contribution in [0.2, 0.25) is 0 Å². The monoisotopic (exact) mass is 374 g/mol. The number of carbonyl (C=O) groups is 2. The molecule has 0 atom stereocenters. The smallest absolute Gasteiger partial charge is 0.337 e. The molecular formula is C20H17F3N2O2. The maximum Gasteiger partial charge on any atom is 0.418 e. The number of carbonyl (C=O) groups excluding carboxylic acids is 2. The molecule has 0 saturated carbocycles. The fourth-order valence-electron chi connectivity index (χ4n) is 2.97. The molecule has 0 radical (unpaired) electrons. The molecule has 1 aromatic heterocycles. The Labute approximate surface area is 153 Å². The SMILES string of the molecule is CCC(=O)c1cn(CC(=O)Nc2ccccc2C(F)(F)F)c2ccccc12. The third-order valence-corrected chi connectivity index (χ3v) is 4.23. The summed E-state index contributed by atoms with van der Waals surface area (Å²) in [7, 11) is 0. The molecular weight excluding hydrogens is 357 g/mol. The normalized spacial score (nSPS) is 11.6. The van der Waals surface area contributed by atoms with Crippen LogP contribution in [0.5, 0.6) is 0 Å². The number of aromatic nitrogens is 1. The first-order chi connectivity index (χ1) is 12.8. The van der Waals surface area contributed by atoms with E-state index < -0.39 is 17.6 Å². The molecule has 140 valence electrons. The second-order valence-corrected chi connectivity index (χ2v) is 6.06. The fraction of sp³-hybridized carbons (Fsp3) is 0.200. The number of nitrogens with one attached hydrogen (secondary N) is 1. The number of hydrogen-bond donors (Lipinski definition) is 1. The van der Waals surface area contributed by atoms with Crippen molar-refractivity contribution in [2.24, 2.45) is 0 Å². The van der Waals surface area contributed by atoms with Gasteiger partial charge in [-0.2, -0.15) is 13.2 Å². The van der Waals surface area contributed by atoms with Crippen LogP contribution >= 0.6 is 0 Å². The van der Waals surface area contributed by atoms with Crippen molar-refractivity contribution in [2.75, 3.05) is 5.32 Å². The molecule has 7 heteroatoms. The molecule has 1 heterocycles. The van der Waals surface area contributed by atoms with Crippen LogP contribution in [0.1, 0.15) is 29.3 Å². The molecule has 0 aliphatic heterocycles. The maximum atomic E-state index is 13.1.